The molecule has 1 saturated heterocycles. The molecular formula is C23H26N4O. The molecule has 3 aromatic rings. The van der Waals surface area contributed by atoms with Gasteiger partial charge in [-0.15, -0.1) is 0 Å². The standard InChI is InChI=1S/C23H26N4O/c1-23(2,3)22-25-13-19(14-26-22)21(28)27-10-6-9-18(15-27)20-11-16-7-4-5-8-17(16)12-24-20/h4-5,7-8,11-14,18H,6,9-10,15H2,1-3H3/t18-/m1/s1. The zero-order valence-corrected chi connectivity index (χ0v) is 16.7. The quantitative estimate of drug-likeness (QED) is 0.669. The minimum absolute atomic E-state index is 0.00551. The number of hydrogen-bond acceptors (Lipinski definition) is 4. The first kappa shape index (κ1) is 18.5. The van der Waals surface area contributed by atoms with E-state index in [0.717, 1.165) is 36.3 Å². The van der Waals surface area contributed by atoms with Crippen LogP contribution < -0.4 is 0 Å². The summed E-state index contributed by atoms with van der Waals surface area (Å²) in [4.78, 5) is 28.4. The SMILES string of the molecule is CC(C)(C)c1ncc(C(=O)N2CCC[C@@H](c3cc4ccccc4cn3)C2)cn1. The Morgan fingerprint density at radius 3 is 2.46 bits per heavy atom. The van der Waals surface area contributed by atoms with E-state index in [1.807, 2.05) is 23.2 Å². The fourth-order valence-corrected chi connectivity index (χ4v) is 3.74. The van der Waals surface area contributed by atoms with E-state index < -0.39 is 0 Å². The van der Waals surface area contributed by atoms with E-state index >= 15 is 0 Å². The van der Waals surface area contributed by atoms with Crippen LogP contribution in [0.3, 0.4) is 0 Å². The molecule has 4 rings (SSSR count). The van der Waals surface area contributed by atoms with Crippen molar-refractivity contribution in [3.63, 3.8) is 0 Å². The third-order valence-corrected chi connectivity index (χ3v) is 5.35. The van der Waals surface area contributed by atoms with Crippen molar-refractivity contribution < 1.29 is 4.79 Å². The Balaban J connectivity index is 1.52. The number of likely N-dealkylation sites (tertiary alicyclic amines) is 1. The Bertz CT molecular complexity index is 991. The normalized spacial score (nSPS) is 17.7. The molecule has 1 aliphatic rings. The molecule has 1 fully saturated rings. The van der Waals surface area contributed by atoms with Crippen LogP contribution in [-0.4, -0.2) is 38.8 Å². The molecule has 3 heterocycles. The van der Waals surface area contributed by atoms with Gasteiger partial charge in [-0.2, -0.15) is 0 Å². The van der Waals surface area contributed by atoms with Gasteiger partial charge in [-0.25, -0.2) is 9.97 Å². The van der Waals surface area contributed by atoms with Crippen LogP contribution in [0.1, 0.15) is 61.4 Å². The number of fused-ring (bicyclic) bond motifs is 1. The van der Waals surface area contributed by atoms with Crippen molar-refractivity contribution in [3.8, 4) is 0 Å². The largest absolute Gasteiger partial charge is 0.338 e. The molecular weight excluding hydrogens is 348 g/mol. The predicted octanol–water partition coefficient (Wildman–Crippen LogP) is 4.34. The Morgan fingerprint density at radius 2 is 1.75 bits per heavy atom. The summed E-state index contributed by atoms with van der Waals surface area (Å²) in [6, 6.07) is 10.4. The van der Waals surface area contributed by atoms with E-state index in [-0.39, 0.29) is 17.2 Å². The van der Waals surface area contributed by atoms with E-state index in [4.69, 9.17) is 0 Å². The van der Waals surface area contributed by atoms with E-state index in [9.17, 15) is 4.79 Å². The highest BCUT2D eigenvalue weighted by Gasteiger charge is 2.27. The number of benzene rings is 1. The number of piperidine rings is 1. The number of rotatable bonds is 2. The molecule has 0 unspecified atom stereocenters. The van der Waals surface area contributed by atoms with E-state index in [1.165, 1.54) is 5.39 Å². The second-order valence-electron chi connectivity index (χ2n) is 8.59. The van der Waals surface area contributed by atoms with Crippen LogP contribution >= 0.6 is 0 Å². The van der Waals surface area contributed by atoms with Crippen molar-refractivity contribution in [1.82, 2.24) is 19.9 Å². The molecule has 0 N–H and O–H groups in total. The van der Waals surface area contributed by atoms with Gasteiger partial charge in [0.2, 0.25) is 0 Å². The maximum atomic E-state index is 13.0. The zero-order valence-electron chi connectivity index (χ0n) is 16.7. The summed E-state index contributed by atoms with van der Waals surface area (Å²) < 4.78 is 0. The van der Waals surface area contributed by atoms with Gasteiger partial charge in [0.15, 0.2) is 0 Å². The van der Waals surface area contributed by atoms with E-state index in [0.29, 0.717) is 12.1 Å². The first-order chi connectivity index (χ1) is 13.4. The maximum Gasteiger partial charge on any atom is 0.257 e. The Hall–Kier alpha value is -2.82. The highest BCUT2D eigenvalue weighted by atomic mass is 16.2. The zero-order chi connectivity index (χ0) is 19.7. The lowest BCUT2D eigenvalue weighted by Gasteiger charge is -2.32. The van der Waals surface area contributed by atoms with Gasteiger partial charge in [-0.1, -0.05) is 45.0 Å². The summed E-state index contributed by atoms with van der Waals surface area (Å²) in [6.45, 7) is 7.65. The Morgan fingerprint density at radius 1 is 1.04 bits per heavy atom. The number of carbonyl (C=O) groups excluding carboxylic acids is 1. The van der Waals surface area contributed by atoms with Gasteiger partial charge in [0, 0.05) is 54.1 Å². The van der Waals surface area contributed by atoms with Crippen molar-refractivity contribution in [2.75, 3.05) is 13.1 Å². The van der Waals surface area contributed by atoms with Crippen LogP contribution in [0.25, 0.3) is 10.8 Å². The van der Waals surface area contributed by atoms with Crippen LogP contribution in [-0.2, 0) is 5.41 Å². The number of hydrogen-bond donors (Lipinski definition) is 0. The summed E-state index contributed by atoms with van der Waals surface area (Å²) in [5, 5.41) is 2.34. The molecule has 1 atom stereocenters. The van der Waals surface area contributed by atoms with Gasteiger partial charge in [0.05, 0.1) is 5.56 Å². The fraction of sp³-hybridized carbons (Fsp3) is 0.391. The number of amides is 1. The second-order valence-corrected chi connectivity index (χ2v) is 8.59. The van der Waals surface area contributed by atoms with Crippen molar-refractivity contribution >= 4 is 16.7 Å². The maximum absolute atomic E-state index is 13.0. The van der Waals surface area contributed by atoms with Crippen LogP contribution in [0.2, 0.25) is 0 Å². The molecule has 144 valence electrons. The fourth-order valence-electron chi connectivity index (χ4n) is 3.74. The first-order valence-corrected chi connectivity index (χ1v) is 9.88. The molecule has 1 amide bonds. The van der Waals surface area contributed by atoms with Crippen molar-refractivity contribution in [3.05, 3.63) is 66.0 Å². The van der Waals surface area contributed by atoms with Gasteiger partial charge in [0.1, 0.15) is 5.82 Å². The molecule has 28 heavy (non-hydrogen) atoms. The minimum Gasteiger partial charge on any atom is -0.338 e. The Labute approximate surface area is 165 Å². The first-order valence-electron chi connectivity index (χ1n) is 9.88. The second kappa shape index (κ2) is 7.30. The van der Waals surface area contributed by atoms with Crippen LogP contribution in [0.15, 0.2) is 48.9 Å². The van der Waals surface area contributed by atoms with Crippen molar-refractivity contribution in [2.24, 2.45) is 0 Å². The van der Waals surface area contributed by atoms with Crippen molar-refractivity contribution in [1.29, 1.82) is 0 Å². The van der Waals surface area contributed by atoms with Crippen LogP contribution in [0, 0.1) is 0 Å². The third kappa shape index (κ3) is 3.75. The van der Waals surface area contributed by atoms with Crippen LogP contribution in [0.5, 0.6) is 0 Å². The summed E-state index contributed by atoms with van der Waals surface area (Å²) in [6.07, 6.45) is 7.28. The summed E-state index contributed by atoms with van der Waals surface area (Å²) in [5.74, 6) is 1.02. The van der Waals surface area contributed by atoms with Crippen LogP contribution in [0.4, 0.5) is 0 Å². The lowest BCUT2D eigenvalue weighted by atomic mass is 9.93. The molecule has 0 aliphatic carbocycles. The molecule has 2 aromatic heterocycles. The van der Waals surface area contributed by atoms with E-state index in [2.05, 4.69) is 53.9 Å². The smallest absolute Gasteiger partial charge is 0.257 e. The summed E-state index contributed by atoms with van der Waals surface area (Å²) in [5.41, 5.74) is 1.50. The molecule has 5 nitrogen and oxygen atoms in total. The minimum atomic E-state index is -0.125. The number of aromatic nitrogens is 3. The average Bonchev–Trinajstić information content (AvgIpc) is 2.72. The molecule has 1 aromatic carbocycles. The average molecular weight is 374 g/mol. The monoisotopic (exact) mass is 374 g/mol. The molecule has 0 bridgehead atoms. The van der Waals surface area contributed by atoms with Gasteiger partial charge in [-0.05, 0) is 24.3 Å². The van der Waals surface area contributed by atoms with Crippen molar-refractivity contribution in [2.45, 2.75) is 44.9 Å². The molecule has 5 heteroatoms. The lowest BCUT2D eigenvalue weighted by Crippen LogP contribution is -2.39. The summed E-state index contributed by atoms with van der Waals surface area (Å²) in [7, 11) is 0. The number of pyridine rings is 1. The molecule has 0 saturated carbocycles. The third-order valence-electron chi connectivity index (χ3n) is 5.35. The molecule has 0 radical (unpaired) electrons. The lowest BCUT2D eigenvalue weighted by molar-refractivity contribution is 0.0705. The highest BCUT2D eigenvalue weighted by molar-refractivity contribution is 5.93. The van der Waals surface area contributed by atoms with Gasteiger partial charge < -0.3 is 4.90 Å². The molecule has 1 aliphatic heterocycles. The van der Waals surface area contributed by atoms with E-state index in [1.54, 1.807) is 12.4 Å². The van der Waals surface area contributed by atoms with Gasteiger partial charge in [0.25, 0.3) is 5.91 Å². The highest BCUT2D eigenvalue weighted by Crippen LogP contribution is 2.28. The summed E-state index contributed by atoms with van der Waals surface area (Å²) >= 11 is 0. The number of carbonyl (C=O) groups is 1. The molecule has 0 spiro atoms. The number of nitrogens with zero attached hydrogens (tertiary/aromatic N) is 4. The predicted molar refractivity (Wildman–Crippen MR) is 110 cm³/mol. The van der Waals surface area contributed by atoms with Gasteiger partial charge in [-0.3, -0.25) is 9.78 Å². The van der Waals surface area contributed by atoms with Gasteiger partial charge >= 0.3 is 0 Å². The topological polar surface area (TPSA) is 59.0 Å². The Kier molecular flexibility index (Phi) is 4.84.